The van der Waals surface area contributed by atoms with Gasteiger partial charge in [-0.1, -0.05) is 31.4 Å². The third kappa shape index (κ3) is 3.72. The summed E-state index contributed by atoms with van der Waals surface area (Å²) in [5.41, 5.74) is 0.776. The zero-order valence-electron chi connectivity index (χ0n) is 16.0. The summed E-state index contributed by atoms with van der Waals surface area (Å²) in [6.07, 6.45) is 9.68. The summed E-state index contributed by atoms with van der Waals surface area (Å²) in [6, 6.07) is 7.27. The summed E-state index contributed by atoms with van der Waals surface area (Å²) in [5, 5.41) is 0. The molecule has 27 heavy (non-hydrogen) atoms. The average Bonchev–Trinajstić information content (AvgIpc) is 2.95. The lowest BCUT2D eigenvalue weighted by Gasteiger charge is -2.35. The molecule has 2 heterocycles. The van der Waals surface area contributed by atoms with E-state index in [0.29, 0.717) is 5.52 Å². The maximum absolute atomic E-state index is 13.0. The van der Waals surface area contributed by atoms with Crippen LogP contribution in [-0.2, 0) is 10.0 Å². The van der Waals surface area contributed by atoms with E-state index in [1.807, 2.05) is 12.1 Å². The lowest BCUT2D eigenvalue weighted by molar-refractivity contribution is 0.148. The van der Waals surface area contributed by atoms with Gasteiger partial charge in [-0.3, -0.25) is 4.57 Å². The molecule has 1 saturated carbocycles. The van der Waals surface area contributed by atoms with Gasteiger partial charge < -0.3 is 4.90 Å². The minimum absolute atomic E-state index is 0.0630. The highest BCUT2D eigenvalue weighted by molar-refractivity contribution is 7.89. The van der Waals surface area contributed by atoms with E-state index >= 15 is 0 Å². The molecule has 2 aromatic rings. The molecule has 1 aliphatic heterocycles. The first kappa shape index (κ1) is 18.7. The maximum atomic E-state index is 13.0. The molecule has 0 bridgehead atoms. The van der Waals surface area contributed by atoms with Gasteiger partial charge in [0.15, 0.2) is 0 Å². The standard InChI is InChI=1S/C20H29N3O3S/c1-27(25,26)23-19-10-6-5-9-18(19)22(20(23)24)17-11-13-21(14-12-17)15-16-7-3-2-4-8-16/h5-6,9-10,16-17H,2-4,7-8,11-15H2,1H3. The van der Waals surface area contributed by atoms with Crippen molar-refractivity contribution in [3.05, 3.63) is 34.7 Å². The molecule has 0 spiro atoms. The molecule has 2 fully saturated rings. The number of piperidine rings is 1. The highest BCUT2D eigenvalue weighted by Crippen LogP contribution is 2.29. The quantitative estimate of drug-likeness (QED) is 0.804. The number of hydrogen-bond acceptors (Lipinski definition) is 4. The second-order valence-electron chi connectivity index (χ2n) is 8.20. The largest absolute Gasteiger partial charge is 0.343 e. The lowest BCUT2D eigenvalue weighted by Crippen LogP contribution is -2.40. The Kier molecular flexibility index (Phi) is 5.16. The number of likely N-dealkylation sites (tertiary alicyclic amines) is 1. The van der Waals surface area contributed by atoms with Crippen molar-refractivity contribution in [3.63, 3.8) is 0 Å². The fourth-order valence-corrected chi connectivity index (χ4v) is 5.80. The first-order valence-corrected chi connectivity index (χ1v) is 11.9. The third-order valence-electron chi connectivity index (χ3n) is 6.23. The summed E-state index contributed by atoms with van der Waals surface area (Å²) < 4.78 is 27.0. The maximum Gasteiger partial charge on any atom is 0.343 e. The van der Waals surface area contributed by atoms with Gasteiger partial charge >= 0.3 is 5.69 Å². The van der Waals surface area contributed by atoms with Crippen LogP contribution in [0.25, 0.3) is 11.0 Å². The monoisotopic (exact) mass is 391 g/mol. The molecule has 0 atom stereocenters. The van der Waals surface area contributed by atoms with Crippen LogP contribution >= 0.6 is 0 Å². The molecule has 1 aromatic heterocycles. The van der Waals surface area contributed by atoms with E-state index in [1.165, 1.54) is 38.6 Å². The van der Waals surface area contributed by atoms with Crippen molar-refractivity contribution in [2.75, 3.05) is 25.9 Å². The van der Waals surface area contributed by atoms with Crippen LogP contribution < -0.4 is 5.69 Å². The van der Waals surface area contributed by atoms with Crippen LogP contribution in [0.2, 0.25) is 0 Å². The molecule has 2 aliphatic rings. The van der Waals surface area contributed by atoms with Gasteiger partial charge in [0, 0.05) is 25.7 Å². The van der Waals surface area contributed by atoms with Crippen molar-refractivity contribution >= 4 is 21.1 Å². The smallest absolute Gasteiger partial charge is 0.303 e. The number of benzene rings is 1. The Balaban J connectivity index is 1.56. The van der Waals surface area contributed by atoms with Crippen molar-refractivity contribution in [1.82, 2.24) is 13.4 Å². The third-order valence-corrected chi connectivity index (χ3v) is 7.25. The molecule has 4 rings (SSSR count). The van der Waals surface area contributed by atoms with E-state index in [0.717, 1.165) is 47.6 Å². The van der Waals surface area contributed by atoms with Crippen LogP contribution in [0.15, 0.2) is 29.1 Å². The van der Waals surface area contributed by atoms with Gasteiger partial charge in [-0.25, -0.2) is 13.2 Å². The van der Waals surface area contributed by atoms with Crippen molar-refractivity contribution in [2.24, 2.45) is 5.92 Å². The van der Waals surface area contributed by atoms with Crippen LogP contribution in [0.3, 0.4) is 0 Å². The second kappa shape index (κ2) is 7.43. The van der Waals surface area contributed by atoms with Gasteiger partial charge in [-0.05, 0) is 43.7 Å². The second-order valence-corrected chi connectivity index (χ2v) is 10.0. The topological polar surface area (TPSA) is 64.3 Å². The summed E-state index contributed by atoms with van der Waals surface area (Å²) in [7, 11) is -3.63. The van der Waals surface area contributed by atoms with Crippen LogP contribution in [0, 0.1) is 5.92 Å². The van der Waals surface area contributed by atoms with E-state index in [4.69, 9.17) is 0 Å². The van der Waals surface area contributed by atoms with E-state index in [-0.39, 0.29) is 6.04 Å². The highest BCUT2D eigenvalue weighted by atomic mass is 32.2. The van der Waals surface area contributed by atoms with Crippen molar-refractivity contribution < 1.29 is 8.42 Å². The van der Waals surface area contributed by atoms with E-state index in [1.54, 1.807) is 16.7 Å². The Bertz CT molecular complexity index is 962. The Labute approximate surface area is 160 Å². The molecular formula is C20H29N3O3S. The number of imidazole rings is 1. The van der Waals surface area contributed by atoms with Gasteiger partial charge in [-0.2, -0.15) is 3.97 Å². The van der Waals surface area contributed by atoms with E-state index in [9.17, 15) is 13.2 Å². The molecule has 1 aliphatic carbocycles. The lowest BCUT2D eigenvalue weighted by atomic mass is 9.88. The minimum Gasteiger partial charge on any atom is -0.303 e. The van der Waals surface area contributed by atoms with Crippen molar-refractivity contribution in [2.45, 2.75) is 51.0 Å². The highest BCUT2D eigenvalue weighted by Gasteiger charge is 2.28. The summed E-state index contributed by atoms with van der Waals surface area (Å²) in [4.78, 5) is 15.5. The van der Waals surface area contributed by atoms with Gasteiger partial charge in [0.25, 0.3) is 0 Å². The zero-order valence-corrected chi connectivity index (χ0v) is 16.8. The molecule has 7 heteroatoms. The Hall–Kier alpha value is -1.60. The van der Waals surface area contributed by atoms with Crippen molar-refractivity contribution in [3.8, 4) is 0 Å². The number of rotatable bonds is 4. The van der Waals surface area contributed by atoms with Crippen LogP contribution in [0.5, 0.6) is 0 Å². The van der Waals surface area contributed by atoms with Gasteiger partial charge in [0.2, 0.25) is 10.0 Å². The van der Waals surface area contributed by atoms with Crippen molar-refractivity contribution in [1.29, 1.82) is 0 Å². The summed E-state index contributed by atoms with van der Waals surface area (Å²) in [5.74, 6) is 0.824. The number of para-hydroxylation sites is 2. The van der Waals surface area contributed by atoms with Crippen LogP contribution in [0.4, 0.5) is 0 Å². The molecule has 0 unspecified atom stereocenters. The minimum atomic E-state index is -3.63. The van der Waals surface area contributed by atoms with E-state index in [2.05, 4.69) is 4.90 Å². The number of hydrogen-bond donors (Lipinski definition) is 0. The summed E-state index contributed by atoms with van der Waals surface area (Å²) >= 11 is 0. The molecule has 1 aromatic carbocycles. The van der Waals surface area contributed by atoms with Gasteiger partial charge in [-0.15, -0.1) is 0 Å². The molecule has 148 valence electrons. The SMILES string of the molecule is CS(=O)(=O)n1c(=O)n(C2CCN(CC3CCCCC3)CC2)c2ccccc21. The molecule has 1 saturated heterocycles. The predicted molar refractivity (Wildman–Crippen MR) is 108 cm³/mol. The molecule has 0 radical (unpaired) electrons. The fraction of sp³-hybridized carbons (Fsp3) is 0.650. The average molecular weight is 392 g/mol. The Morgan fingerprint density at radius 1 is 0.963 bits per heavy atom. The van der Waals surface area contributed by atoms with Gasteiger partial charge in [0.1, 0.15) is 0 Å². The van der Waals surface area contributed by atoms with E-state index < -0.39 is 15.7 Å². The first-order chi connectivity index (χ1) is 12.9. The predicted octanol–water partition coefficient (Wildman–Crippen LogP) is 2.83. The molecule has 0 N–H and O–H groups in total. The first-order valence-electron chi connectivity index (χ1n) is 10.1. The number of aromatic nitrogens is 2. The molecule has 6 nitrogen and oxygen atoms in total. The molecule has 0 amide bonds. The molecular weight excluding hydrogens is 362 g/mol. The summed E-state index contributed by atoms with van der Waals surface area (Å²) in [6.45, 7) is 3.13. The number of fused-ring (bicyclic) bond motifs is 1. The Morgan fingerprint density at radius 3 is 2.22 bits per heavy atom. The fourth-order valence-electron chi connectivity index (χ4n) is 4.91. The number of nitrogens with zero attached hydrogens (tertiary/aromatic N) is 3. The zero-order chi connectivity index (χ0) is 19.0. The normalized spacial score (nSPS) is 21.1. The Morgan fingerprint density at radius 2 is 1.59 bits per heavy atom. The van der Waals surface area contributed by atoms with Crippen LogP contribution in [0.1, 0.15) is 51.0 Å². The van der Waals surface area contributed by atoms with Crippen LogP contribution in [-0.4, -0.2) is 47.7 Å². The van der Waals surface area contributed by atoms with Gasteiger partial charge in [0.05, 0.1) is 17.3 Å².